The number of hydrogen-bond acceptors (Lipinski definition) is 7. The summed E-state index contributed by atoms with van der Waals surface area (Å²) in [6.07, 6.45) is 4.11. The molecule has 10 nitrogen and oxygen atoms in total. The first-order chi connectivity index (χ1) is 18.8. The van der Waals surface area contributed by atoms with Gasteiger partial charge in [-0.05, 0) is 30.7 Å². The highest BCUT2D eigenvalue weighted by atomic mass is 19.2. The maximum absolute atomic E-state index is 14.0. The Morgan fingerprint density at radius 2 is 2.03 bits per heavy atom. The van der Waals surface area contributed by atoms with E-state index in [9.17, 15) is 13.6 Å². The molecule has 0 unspecified atom stereocenters. The van der Waals surface area contributed by atoms with Gasteiger partial charge in [0.1, 0.15) is 6.10 Å². The van der Waals surface area contributed by atoms with Gasteiger partial charge < -0.3 is 10.1 Å². The summed E-state index contributed by atoms with van der Waals surface area (Å²) in [6.45, 7) is 3.09. The largest absolute Gasteiger partial charge is 0.383 e. The fraction of sp³-hybridized carbons (Fsp3) is 0.333. The average molecular weight is 538 g/mol. The van der Waals surface area contributed by atoms with Crippen LogP contribution in [-0.4, -0.2) is 68.4 Å². The molecule has 0 radical (unpaired) electrons. The van der Waals surface area contributed by atoms with Gasteiger partial charge in [-0.3, -0.25) is 14.3 Å². The number of halogens is 2. The zero-order valence-electron chi connectivity index (χ0n) is 21.8. The number of hydroxylamine groups is 2. The van der Waals surface area contributed by atoms with Crippen LogP contribution in [0, 0.1) is 18.7 Å². The third-order valence-corrected chi connectivity index (χ3v) is 6.62. The van der Waals surface area contributed by atoms with Crippen molar-refractivity contribution in [2.75, 3.05) is 26.8 Å². The molecule has 3 aromatic heterocycles. The van der Waals surface area contributed by atoms with Crippen LogP contribution in [0.5, 0.6) is 0 Å². The number of rotatable bonds is 9. The van der Waals surface area contributed by atoms with Crippen LogP contribution >= 0.6 is 0 Å². The molecule has 4 heterocycles. The van der Waals surface area contributed by atoms with E-state index in [2.05, 4.69) is 15.4 Å². The minimum Gasteiger partial charge on any atom is -0.383 e. The molecule has 39 heavy (non-hydrogen) atoms. The summed E-state index contributed by atoms with van der Waals surface area (Å²) in [5, 5.41) is 13.8. The Labute approximate surface area is 224 Å². The summed E-state index contributed by atoms with van der Waals surface area (Å²) in [6, 6.07) is 10.1. The van der Waals surface area contributed by atoms with E-state index in [4.69, 9.17) is 14.7 Å². The van der Waals surface area contributed by atoms with E-state index in [0.29, 0.717) is 25.3 Å². The number of amides is 1. The number of nitrogens with one attached hydrogen (secondary N) is 1. The SMILES string of the molecule is COCCN1C[C@@H](NC(=O)Cc2c(C)c(-c3cnn(C)c3)nn2-c2ccccc2)[C@H](c2cnc(F)c(F)c2)O1. The highest BCUT2D eigenvalue weighted by molar-refractivity contribution is 5.80. The number of pyridine rings is 1. The van der Waals surface area contributed by atoms with Crippen molar-refractivity contribution in [3.05, 3.63) is 83.6 Å². The number of para-hydroxylation sites is 1. The number of aromatic nitrogens is 5. The van der Waals surface area contributed by atoms with Crippen LogP contribution in [0.4, 0.5) is 8.78 Å². The first-order valence-electron chi connectivity index (χ1n) is 12.5. The monoisotopic (exact) mass is 537 g/mol. The number of aryl methyl sites for hydroxylation is 1. The van der Waals surface area contributed by atoms with Crippen LogP contribution in [0.1, 0.15) is 22.9 Å². The Kier molecular flexibility index (Phi) is 7.77. The molecule has 1 N–H and O–H groups in total. The first-order valence-corrected chi connectivity index (χ1v) is 12.5. The lowest BCUT2D eigenvalue weighted by Crippen LogP contribution is -2.41. The van der Waals surface area contributed by atoms with Gasteiger partial charge in [-0.2, -0.15) is 19.7 Å². The molecule has 1 aromatic carbocycles. The third kappa shape index (κ3) is 5.72. The van der Waals surface area contributed by atoms with Crippen molar-refractivity contribution < 1.29 is 23.1 Å². The molecule has 0 saturated carbocycles. The van der Waals surface area contributed by atoms with E-state index < -0.39 is 23.9 Å². The zero-order chi connectivity index (χ0) is 27.5. The van der Waals surface area contributed by atoms with E-state index in [-0.39, 0.29) is 12.3 Å². The lowest BCUT2D eigenvalue weighted by Gasteiger charge is -2.19. The van der Waals surface area contributed by atoms with Gasteiger partial charge in [0.25, 0.3) is 0 Å². The molecule has 12 heteroatoms. The van der Waals surface area contributed by atoms with Crippen molar-refractivity contribution in [3.8, 4) is 16.9 Å². The summed E-state index contributed by atoms with van der Waals surface area (Å²) < 4.78 is 36.1. The molecule has 1 aliphatic heterocycles. The van der Waals surface area contributed by atoms with Gasteiger partial charge in [-0.15, -0.1) is 0 Å². The average Bonchev–Trinajstić information content (AvgIpc) is 3.62. The number of carbonyl (C=O) groups is 1. The van der Waals surface area contributed by atoms with Crippen LogP contribution in [0.15, 0.2) is 55.0 Å². The van der Waals surface area contributed by atoms with E-state index in [1.165, 1.54) is 6.20 Å². The lowest BCUT2D eigenvalue weighted by atomic mass is 10.0. The molecular formula is C27H29F2N7O3. The highest BCUT2D eigenvalue weighted by Crippen LogP contribution is 2.31. The van der Waals surface area contributed by atoms with Crippen molar-refractivity contribution >= 4 is 5.91 Å². The molecule has 1 fully saturated rings. The zero-order valence-corrected chi connectivity index (χ0v) is 21.8. The molecule has 1 aliphatic rings. The van der Waals surface area contributed by atoms with Crippen molar-refractivity contribution in [2.24, 2.45) is 7.05 Å². The van der Waals surface area contributed by atoms with Crippen LogP contribution in [0.2, 0.25) is 0 Å². The standard InChI is InChI=1S/C27H29F2N7O3/c1-17-23(36(20-7-5-4-6-8-20)33-25(17)19-14-31-34(2)15-19)12-24(37)32-22-16-35(9-10-38-3)39-26(22)18-11-21(28)27(29)30-13-18/h4-8,11,13-15,22,26H,9-10,12,16H2,1-3H3,(H,32,37)/t22-,26+/m1/s1. The van der Waals surface area contributed by atoms with Gasteiger partial charge in [0, 0.05) is 50.8 Å². The molecule has 5 rings (SSSR count). The van der Waals surface area contributed by atoms with Gasteiger partial charge >= 0.3 is 0 Å². The van der Waals surface area contributed by atoms with Gasteiger partial charge in [0.2, 0.25) is 11.9 Å². The van der Waals surface area contributed by atoms with Crippen molar-refractivity contribution in [1.82, 2.24) is 34.9 Å². The topological polar surface area (TPSA) is 99.3 Å². The summed E-state index contributed by atoms with van der Waals surface area (Å²) >= 11 is 0. The molecule has 0 aliphatic carbocycles. The normalized spacial score (nSPS) is 17.6. The number of carbonyl (C=O) groups excluding carboxylic acids is 1. The Balaban J connectivity index is 1.42. The summed E-state index contributed by atoms with van der Waals surface area (Å²) in [5.74, 6) is -2.54. The number of nitrogens with zero attached hydrogens (tertiary/aromatic N) is 6. The van der Waals surface area contributed by atoms with Crippen LogP contribution in [0.3, 0.4) is 0 Å². The van der Waals surface area contributed by atoms with Gasteiger partial charge in [-0.25, -0.2) is 14.1 Å². The molecule has 0 bridgehead atoms. The Morgan fingerprint density at radius 3 is 2.72 bits per heavy atom. The predicted octanol–water partition coefficient (Wildman–Crippen LogP) is 2.92. The Hall–Kier alpha value is -4.00. The van der Waals surface area contributed by atoms with Crippen LogP contribution in [0.25, 0.3) is 16.9 Å². The van der Waals surface area contributed by atoms with E-state index in [1.54, 1.807) is 27.7 Å². The minimum absolute atomic E-state index is 0.0330. The van der Waals surface area contributed by atoms with Crippen molar-refractivity contribution in [3.63, 3.8) is 0 Å². The smallest absolute Gasteiger partial charge is 0.248 e. The second-order valence-electron chi connectivity index (χ2n) is 9.37. The molecular weight excluding hydrogens is 508 g/mol. The van der Waals surface area contributed by atoms with Gasteiger partial charge in [-0.1, -0.05) is 18.2 Å². The third-order valence-electron chi connectivity index (χ3n) is 6.62. The van der Waals surface area contributed by atoms with Crippen LogP contribution in [-0.2, 0) is 27.8 Å². The van der Waals surface area contributed by atoms with Gasteiger partial charge in [0.15, 0.2) is 5.82 Å². The molecule has 0 spiro atoms. The minimum atomic E-state index is -1.19. The fourth-order valence-corrected chi connectivity index (χ4v) is 4.68. The highest BCUT2D eigenvalue weighted by Gasteiger charge is 2.37. The predicted molar refractivity (Wildman–Crippen MR) is 138 cm³/mol. The quantitative estimate of drug-likeness (QED) is 0.328. The van der Waals surface area contributed by atoms with Crippen LogP contribution < -0.4 is 5.32 Å². The maximum atomic E-state index is 14.0. The van der Waals surface area contributed by atoms with Crippen molar-refractivity contribution in [1.29, 1.82) is 0 Å². The summed E-state index contributed by atoms with van der Waals surface area (Å²) in [7, 11) is 3.41. The molecule has 1 amide bonds. The maximum Gasteiger partial charge on any atom is 0.248 e. The fourth-order valence-electron chi connectivity index (χ4n) is 4.68. The molecule has 1 saturated heterocycles. The van der Waals surface area contributed by atoms with E-state index >= 15 is 0 Å². The van der Waals surface area contributed by atoms with Gasteiger partial charge in [0.05, 0.1) is 42.3 Å². The molecule has 204 valence electrons. The first kappa shape index (κ1) is 26.6. The van der Waals surface area contributed by atoms with E-state index in [1.807, 2.05) is 50.5 Å². The number of ether oxygens (including phenoxy) is 1. The second kappa shape index (κ2) is 11.4. The number of methoxy groups -OCH3 is 1. The van der Waals surface area contributed by atoms with E-state index in [0.717, 1.165) is 34.3 Å². The summed E-state index contributed by atoms with van der Waals surface area (Å²) in [4.78, 5) is 22.9. The number of hydrogen-bond donors (Lipinski definition) is 1. The van der Waals surface area contributed by atoms with Crippen molar-refractivity contribution in [2.45, 2.75) is 25.5 Å². The summed E-state index contributed by atoms with van der Waals surface area (Å²) in [5.41, 5.74) is 4.29. The Morgan fingerprint density at radius 1 is 1.23 bits per heavy atom. The second-order valence-corrected chi connectivity index (χ2v) is 9.37. The molecule has 2 atom stereocenters. The lowest BCUT2D eigenvalue weighted by molar-refractivity contribution is -0.154. The number of benzene rings is 1. The molecule has 4 aromatic rings. The Bertz CT molecular complexity index is 1460.